The first-order valence-electron chi connectivity index (χ1n) is 8.14. The average molecular weight is 326 g/mol. The van der Waals surface area contributed by atoms with E-state index in [1.54, 1.807) is 4.90 Å². The Kier molecular flexibility index (Phi) is 4.92. The number of hydrogen-bond acceptors (Lipinski definition) is 4. The van der Waals surface area contributed by atoms with E-state index in [-0.39, 0.29) is 18.6 Å². The van der Waals surface area contributed by atoms with Crippen LogP contribution in [0.25, 0.3) is 0 Å². The Balaban J connectivity index is 1.98. The van der Waals surface area contributed by atoms with Crippen molar-refractivity contribution in [1.82, 2.24) is 9.88 Å². The van der Waals surface area contributed by atoms with Gasteiger partial charge in [-0.3, -0.25) is 9.78 Å². The number of aliphatic hydroxyl groups is 1. The molecule has 2 atom stereocenters. The standard InChI is InChI=1S/C19H22N2O3/c1-13-8-9-16(14(2)20-13)19(23)21-10-11-24-17(12-22)18(21)15-6-4-3-5-7-15/h3-9,17-18,22H,10-12H2,1-2H3/t17-,18-/m1/s1. The highest BCUT2D eigenvalue weighted by Crippen LogP contribution is 2.31. The summed E-state index contributed by atoms with van der Waals surface area (Å²) < 4.78 is 5.70. The third-order valence-corrected chi connectivity index (χ3v) is 4.39. The smallest absolute Gasteiger partial charge is 0.256 e. The SMILES string of the molecule is Cc1ccc(C(=O)N2CCO[C@H](CO)[C@H]2c2ccccc2)c(C)n1. The molecule has 3 rings (SSSR count). The van der Waals surface area contributed by atoms with Crippen LogP contribution >= 0.6 is 0 Å². The summed E-state index contributed by atoms with van der Waals surface area (Å²) in [5.41, 5.74) is 3.17. The van der Waals surface area contributed by atoms with E-state index in [1.807, 2.05) is 56.3 Å². The molecular weight excluding hydrogens is 304 g/mol. The van der Waals surface area contributed by atoms with Crippen molar-refractivity contribution in [3.05, 3.63) is 65.0 Å². The Morgan fingerprint density at radius 1 is 1.25 bits per heavy atom. The lowest BCUT2D eigenvalue weighted by molar-refractivity contribution is -0.0811. The molecule has 126 valence electrons. The number of aliphatic hydroxyl groups excluding tert-OH is 1. The predicted molar refractivity (Wildman–Crippen MR) is 90.8 cm³/mol. The van der Waals surface area contributed by atoms with E-state index in [0.717, 1.165) is 17.0 Å². The van der Waals surface area contributed by atoms with Crippen LogP contribution in [0.2, 0.25) is 0 Å². The maximum absolute atomic E-state index is 13.1. The van der Waals surface area contributed by atoms with Gasteiger partial charge in [0, 0.05) is 12.2 Å². The second-order valence-electron chi connectivity index (χ2n) is 6.03. The van der Waals surface area contributed by atoms with E-state index in [0.29, 0.717) is 18.7 Å². The molecular formula is C19H22N2O3. The summed E-state index contributed by atoms with van der Waals surface area (Å²) >= 11 is 0. The summed E-state index contributed by atoms with van der Waals surface area (Å²) in [5.74, 6) is -0.0735. The van der Waals surface area contributed by atoms with E-state index < -0.39 is 6.10 Å². The van der Waals surface area contributed by atoms with Gasteiger partial charge in [-0.05, 0) is 31.5 Å². The first-order valence-corrected chi connectivity index (χ1v) is 8.14. The Labute approximate surface area is 141 Å². The molecule has 0 bridgehead atoms. The lowest BCUT2D eigenvalue weighted by atomic mass is 9.97. The molecule has 1 aliphatic rings. The van der Waals surface area contributed by atoms with Crippen LogP contribution in [-0.2, 0) is 4.74 Å². The molecule has 1 N–H and O–H groups in total. The van der Waals surface area contributed by atoms with Crippen LogP contribution < -0.4 is 0 Å². The van der Waals surface area contributed by atoms with Crippen molar-refractivity contribution in [1.29, 1.82) is 0 Å². The van der Waals surface area contributed by atoms with Gasteiger partial charge in [-0.1, -0.05) is 30.3 Å². The third-order valence-electron chi connectivity index (χ3n) is 4.39. The second kappa shape index (κ2) is 7.11. The fraction of sp³-hybridized carbons (Fsp3) is 0.368. The molecule has 24 heavy (non-hydrogen) atoms. The van der Waals surface area contributed by atoms with Crippen molar-refractivity contribution in [2.24, 2.45) is 0 Å². The number of rotatable bonds is 3. The van der Waals surface area contributed by atoms with Crippen molar-refractivity contribution in [3.63, 3.8) is 0 Å². The maximum Gasteiger partial charge on any atom is 0.256 e. The maximum atomic E-state index is 13.1. The van der Waals surface area contributed by atoms with E-state index in [2.05, 4.69) is 4.98 Å². The van der Waals surface area contributed by atoms with Crippen molar-refractivity contribution in [3.8, 4) is 0 Å². The minimum Gasteiger partial charge on any atom is -0.394 e. The van der Waals surface area contributed by atoms with Crippen LogP contribution in [0.5, 0.6) is 0 Å². The van der Waals surface area contributed by atoms with Gasteiger partial charge in [-0.25, -0.2) is 0 Å². The van der Waals surface area contributed by atoms with Gasteiger partial charge in [-0.2, -0.15) is 0 Å². The Morgan fingerprint density at radius 2 is 2.00 bits per heavy atom. The van der Waals surface area contributed by atoms with Crippen molar-refractivity contribution >= 4 is 5.91 Å². The van der Waals surface area contributed by atoms with E-state index in [4.69, 9.17) is 4.74 Å². The van der Waals surface area contributed by atoms with Crippen LogP contribution in [0.3, 0.4) is 0 Å². The number of amides is 1. The molecule has 5 nitrogen and oxygen atoms in total. The topological polar surface area (TPSA) is 62.7 Å². The Morgan fingerprint density at radius 3 is 2.67 bits per heavy atom. The number of carbonyl (C=O) groups is 1. The van der Waals surface area contributed by atoms with Gasteiger partial charge in [0.25, 0.3) is 5.91 Å². The number of morpholine rings is 1. The van der Waals surface area contributed by atoms with Crippen LogP contribution in [-0.4, -0.2) is 46.8 Å². The fourth-order valence-electron chi connectivity index (χ4n) is 3.23. The lowest BCUT2D eigenvalue weighted by Crippen LogP contribution is -2.49. The summed E-state index contributed by atoms with van der Waals surface area (Å²) in [6.45, 7) is 4.53. The molecule has 1 aromatic carbocycles. The molecule has 1 fully saturated rings. The molecule has 1 amide bonds. The number of benzene rings is 1. The van der Waals surface area contributed by atoms with Crippen molar-refractivity contribution in [2.75, 3.05) is 19.8 Å². The molecule has 2 aromatic rings. The Hall–Kier alpha value is -2.24. The Bertz CT molecular complexity index is 718. The van der Waals surface area contributed by atoms with Gasteiger partial charge in [0.2, 0.25) is 0 Å². The molecule has 1 aromatic heterocycles. The van der Waals surface area contributed by atoms with Crippen LogP contribution in [0.15, 0.2) is 42.5 Å². The van der Waals surface area contributed by atoms with E-state index in [1.165, 1.54) is 0 Å². The first kappa shape index (κ1) is 16.6. The number of hydrogen-bond donors (Lipinski definition) is 1. The van der Waals surface area contributed by atoms with Gasteiger partial charge in [-0.15, -0.1) is 0 Å². The average Bonchev–Trinajstić information content (AvgIpc) is 2.61. The number of pyridine rings is 1. The number of aryl methyl sites for hydroxylation is 2. The summed E-state index contributed by atoms with van der Waals surface area (Å²) in [5, 5.41) is 9.71. The zero-order valence-electron chi connectivity index (χ0n) is 14.0. The van der Waals surface area contributed by atoms with Gasteiger partial charge < -0.3 is 14.7 Å². The first-order chi connectivity index (χ1) is 11.6. The molecule has 1 aliphatic heterocycles. The lowest BCUT2D eigenvalue weighted by Gasteiger charge is -2.41. The second-order valence-corrected chi connectivity index (χ2v) is 6.03. The van der Waals surface area contributed by atoms with Gasteiger partial charge in [0.15, 0.2) is 0 Å². The normalized spacial score (nSPS) is 20.9. The zero-order chi connectivity index (χ0) is 17.1. The summed E-state index contributed by atoms with van der Waals surface area (Å²) in [6.07, 6.45) is -0.427. The highest BCUT2D eigenvalue weighted by atomic mass is 16.5. The third kappa shape index (κ3) is 3.18. The predicted octanol–water partition coefficient (Wildman–Crippen LogP) is 2.27. The van der Waals surface area contributed by atoms with Crippen molar-refractivity contribution in [2.45, 2.75) is 26.0 Å². The minimum atomic E-state index is -0.427. The molecule has 0 saturated carbocycles. The fourth-order valence-corrected chi connectivity index (χ4v) is 3.23. The molecule has 0 radical (unpaired) electrons. The zero-order valence-corrected chi connectivity index (χ0v) is 14.0. The number of nitrogens with zero attached hydrogens (tertiary/aromatic N) is 2. The summed E-state index contributed by atoms with van der Waals surface area (Å²) in [7, 11) is 0. The quantitative estimate of drug-likeness (QED) is 0.940. The highest BCUT2D eigenvalue weighted by Gasteiger charge is 2.36. The largest absolute Gasteiger partial charge is 0.394 e. The van der Waals surface area contributed by atoms with Crippen LogP contribution in [0.1, 0.15) is 33.4 Å². The van der Waals surface area contributed by atoms with Crippen LogP contribution in [0, 0.1) is 13.8 Å². The van der Waals surface area contributed by atoms with Gasteiger partial charge in [0.1, 0.15) is 6.10 Å². The van der Waals surface area contributed by atoms with E-state index >= 15 is 0 Å². The monoisotopic (exact) mass is 326 g/mol. The molecule has 0 aliphatic carbocycles. The molecule has 0 unspecified atom stereocenters. The molecule has 2 heterocycles. The van der Waals surface area contributed by atoms with E-state index in [9.17, 15) is 9.90 Å². The minimum absolute atomic E-state index is 0.0735. The van der Waals surface area contributed by atoms with Gasteiger partial charge >= 0.3 is 0 Å². The molecule has 0 spiro atoms. The summed E-state index contributed by atoms with van der Waals surface area (Å²) in [4.78, 5) is 19.3. The number of ether oxygens (including phenoxy) is 1. The number of aromatic nitrogens is 1. The van der Waals surface area contributed by atoms with Gasteiger partial charge in [0.05, 0.1) is 30.5 Å². The van der Waals surface area contributed by atoms with Crippen LogP contribution in [0.4, 0.5) is 0 Å². The molecule has 5 heteroatoms. The molecule has 1 saturated heterocycles. The summed E-state index contributed by atoms with van der Waals surface area (Å²) in [6, 6.07) is 13.1. The number of carbonyl (C=O) groups excluding carboxylic acids is 1. The highest BCUT2D eigenvalue weighted by molar-refractivity contribution is 5.95. The van der Waals surface area contributed by atoms with Crippen molar-refractivity contribution < 1.29 is 14.6 Å².